The van der Waals surface area contributed by atoms with Crippen molar-refractivity contribution in [2.75, 3.05) is 31.2 Å². The lowest BCUT2D eigenvalue weighted by Crippen LogP contribution is -2.37. The van der Waals surface area contributed by atoms with E-state index in [1.807, 2.05) is 55.5 Å². The van der Waals surface area contributed by atoms with Gasteiger partial charge >= 0.3 is 0 Å². The smallest absolute Gasteiger partial charge is 0.228 e. The number of carbonyl (C=O) groups excluding carboxylic acids is 2. The van der Waals surface area contributed by atoms with Crippen LogP contribution in [0.4, 0.5) is 5.69 Å². The van der Waals surface area contributed by atoms with Crippen molar-refractivity contribution in [3.63, 3.8) is 0 Å². The van der Waals surface area contributed by atoms with Gasteiger partial charge in [0.15, 0.2) is 11.5 Å². The van der Waals surface area contributed by atoms with E-state index in [4.69, 9.17) is 9.47 Å². The summed E-state index contributed by atoms with van der Waals surface area (Å²) in [6.45, 7) is 4.43. The van der Waals surface area contributed by atoms with E-state index >= 15 is 0 Å². The van der Waals surface area contributed by atoms with Crippen LogP contribution >= 0.6 is 0 Å². The highest BCUT2D eigenvalue weighted by Gasteiger charge is 2.37. The van der Waals surface area contributed by atoms with Crippen LogP contribution in [0.25, 0.3) is 0 Å². The predicted octanol–water partition coefficient (Wildman–Crippen LogP) is 2.86. The van der Waals surface area contributed by atoms with Gasteiger partial charge in [-0.15, -0.1) is 0 Å². The van der Waals surface area contributed by atoms with E-state index < -0.39 is 0 Å². The van der Waals surface area contributed by atoms with Crippen LogP contribution in [0, 0.1) is 5.92 Å². The lowest BCUT2D eigenvalue weighted by Gasteiger charge is -2.27. The van der Waals surface area contributed by atoms with Crippen LogP contribution in [0.2, 0.25) is 0 Å². The highest BCUT2D eigenvalue weighted by Crippen LogP contribution is 2.35. The number of para-hydroxylation sites is 2. The molecule has 1 fully saturated rings. The minimum atomic E-state index is -0.329. The Kier molecular flexibility index (Phi) is 5.19. The summed E-state index contributed by atoms with van der Waals surface area (Å²) in [7, 11) is 0. The van der Waals surface area contributed by atoms with Crippen molar-refractivity contribution in [1.82, 2.24) is 4.90 Å². The highest BCUT2D eigenvalue weighted by molar-refractivity contribution is 6.00. The van der Waals surface area contributed by atoms with Crippen LogP contribution in [0.15, 0.2) is 48.5 Å². The monoisotopic (exact) mass is 380 g/mol. The number of benzene rings is 2. The molecule has 0 bridgehead atoms. The zero-order chi connectivity index (χ0) is 19.5. The van der Waals surface area contributed by atoms with Crippen LogP contribution in [-0.4, -0.2) is 43.0 Å². The lowest BCUT2D eigenvalue weighted by molar-refractivity contribution is -0.136. The predicted molar refractivity (Wildman–Crippen MR) is 105 cm³/mol. The van der Waals surface area contributed by atoms with Crippen LogP contribution in [0.3, 0.4) is 0 Å². The third-order valence-electron chi connectivity index (χ3n) is 5.24. The molecule has 0 saturated carbocycles. The fourth-order valence-corrected chi connectivity index (χ4v) is 3.80. The van der Waals surface area contributed by atoms with Crippen molar-refractivity contribution in [3.8, 4) is 11.5 Å². The van der Waals surface area contributed by atoms with E-state index in [0.717, 1.165) is 17.0 Å². The molecule has 2 amide bonds. The molecule has 2 aromatic rings. The van der Waals surface area contributed by atoms with Crippen molar-refractivity contribution < 1.29 is 19.1 Å². The maximum absolute atomic E-state index is 13.1. The van der Waals surface area contributed by atoms with Crippen molar-refractivity contribution >= 4 is 17.5 Å². The second-order valence-corrected chi connectivity index (χ2v) is 7.03. The minimum Gasteiger partial charge on any atom is -0.486 e. The molecule has 6 nitrogen and oxygen atoms in total. The van der Waals surface area contributed by atoms with Gasteiger partial charge < -0.3 is 19.3 Å². The molecule has 2 aliphatic heterocycles. The molecule has 1 atom stereocenters. The molecule has 28 heavy (non-hydrogen) atoms. The number of carbonyl (C=O) groups is 2. The summed E-state index contributed by atoms with van der Waals surface area (Å²) in [5.74, 6) is 1.11. The third-order valence-corrected chi connectivity index (χ3v) is 5.24. The van der Waals surface area contributed by atoms with Gasteiger partial charge in [0, 0.05) is 37.3 Å². The first-order valence-electron chi connectivity index (χ1n) is 9.69. The van der Waals surface area contributed by atoms with E-state index in [2.05, 4.69) is 0 Å². The minimum absolute atomic E-state index is 0.00334. The molecule has 0 spiro atoms. The number of ether oxygens (including phenoxy) is 2. The first-order valence-corrected chi connectivity index (χ1v) is 9.69. The number of amides is 2. The fraction of sp³-hybridized carbons (Fsp3) is 0.364. The largest absolute Gasteiger partial charge is 0.486 e. The second kappa shape index (κ2) is 7.92. The first kappa shape index (κ1) is 18.3. The van der Waals surface area contributed by atoms with Gasteiger partial charge in [-0.2, -0.15) is 0 Å². The van der Waals surface area contributed by atoms with Crippen LogP contribution in [0.5, 0.6) is 11.5 Å². The molecule has 0 radical (unpaired) electrons. The number of anilines is 1. The molecule has 4 rings (SSSR count). The Morgan fingerprint density at radius 3 is 2.68 bits per heavy atom. The summed E-state index contributed by atoms with van der Waals surface area (Å²) in [6, 6.07) is 15.3. The summed E-state index contributed by atoms with van der Waals surface area (Å²) in [5, 5.41) is 0. The summed E-state index contributed by atoms with van der Waals surface area (Å²) in [6.07, 6.45) is 0.247. The summed E-state index contributed by atoms with van der Waals surface area (Å²) < 4.78 is 11.4. The van der Waals surface area contributed by atoms with Gasteiger partial charge in [-0.25, -0.2) is 0 Å². The average molecular weight is 380 g/mol. The molecule has 0 aromatic heterocycles. The molecule has 2 heterocycles. The summed E-state index contributed by atoms with van der Waals surface area (Å²) >= 11 is 0. The summed E-state index contributed by atoms with van der Waals surface area (Å²) in [4.78, 5) is 29.1. The number of rotatable bonds is 5. The van der Waals surface area contributed by atoms with Crippen LogP contribution < -0.4 is 14.4 Å². The maximum Gasteiger partial charge on any atom is 0.228 e. The Morgan fingerprint density at radius 1 is 1.11 bits per heavy atom. The quantitative estimate of drug-likeness (QED) is 0.800. The van der Waals surface area contributed by atoms with Crippen molar-refractivity contribution in [3.05, 3.63) is 54.1 Å². The Labute approximate surface area is 164 Å². The van der Waals surface area contributed by atoms with Crippen LogP contribution in [0.1, 0.15) is 18.9 Å². The van der Waals surface area contributed by atoms with E-state index in [9.17, 15) is 9.59 Å². The zero-order valence-electron chi connectivity index (χ0n) is 16.0. The number of hydrogen-bond acceptors (Lipinski definition) is 4. The number of fused-ring (bicyclic) bond motifs is 1. The van der Waals surface area contributed by atoms with E-state index in [1.54, 1.807) is 9.80 Å². The summed E-state index contributed by atoms with van der Waals surface area (Å²) in [5.41, 5.74) is 1.77. The topological polar surface area (TPSA) is 59.1 Å². The Balaban J connectivity index is 1.49. The zero-order valence-corrected chi connectivity index (χ0v) is 16.0. The molecule has 2 aromatic carbocycles. The molecular weight excluding hydrogens is 356 g/mol. The van der Waals surface area contributed by atoms with Gasteiger partial charge in [-0.1, -0.05) is 30.3 Å². The van der Waals surface area contributed by atoms with Gasteiger partial charge in [-0.3, -0.25) is 9.59 Å². The third kappa shape index (κ3) is 3.54. The fourth-order valence-electron chi connectivity index (χ4n) is 3.80. The van der Waals surface area contributed by atoms with E-state index in [0.29, 0.717) is 38.6 Å². The molecular formula is C22H24N2O4. The molecule has 6 heteroatoms. The van der Waals surface area contributed by atoms with Crippen LogP contribution in [-0.2, 0) is 16.1 Å². The van der Waals surface area contributed by atoms with E-state index in [1.165, 1.54) is 0 Å². The molecule has 1 unspecified atom stereocenters. The van der Waals surface area contributed by atoms with Crippen molar-refractivity contribution in [1.29, 1.82) is 0 Å². The number of hydrogen-bond donors (Lipinski definition) is 0. The molecule has 146 valence electrons. The van der Waals surface area contributed by atoms with E-state index in [-0.39, 0.29) is 24.2 Å². The van der Waals surface area contributed by atoms with Crippen molar-refractivity contribution in [2.24, 2.45) is 5.92 Å². The Hall–Kier alpha value is -3.02. The Bertz CT molecular complexity index is 868. The molecule has 0 N–H and O–H groups in total. The molecule has 1 saturated heterocycles. The SMILES string of the molecule is CCN(Cc1cccc2c1OCCO2)C(=O)C1CC(=O)N(c2ccccc2)C1. The molecule has 0 aliphatic carbocycles. The normalized spacial score (nSPS) is 18.2. The van der Waals surface area contributed by atoms with Gasteiger partial charge in [0.1, 0.15) is 13.2 Å². The van der Waals surface area contributed by atoms with Crippen molar-refractivity contribution in [2.45, 2.75) is 19.9 Å². The van der Waals surface area contributed by atoms with Gasteiger partial charge in [0.2, 0.25) is 11.8 Å². The second-order valence-electron chi connectivity index (χ2n) is 7.03. The average Bonchev–Trinajstić information content (AvgIpc) is 3.14. The van der Waals surface area contributed by atoms with Gasteiger partial charge in [0.05, 0.1) is 5.92 Å². The number of nitrogens with zero attached hydrogens (tertiary/aromatic N) is 2. The standard InChI is InChI=1S/C22H24N2O4/c1-2-23(14-16-7-6-10-19-21(16)28-12-11-27-19)22(26)17-13-20(25)24(15-17)18-8-4-3-5-9-18/h3-10,17H,2,11-15H2,1H3. The molecule has 2 aliphatic rings. The van der Waals surface area contributed by atoms with Gasteiger partial charge in [-0.05, 0) is 25.1 Å². The lowest BCUT2D eigenvalue weighted by atomic mass is 10.1. The maximum atomic E-state index is 13.1. The van der Waals surface area contributed by atoms with Gasteiger partial charge in [0.25, 0.3) is 0 Å². The Morgan fingerprint density at radius 2 is 1.89 bits per heavy atom. The first-order chi connectivity index (χ1) is 13.7. The highest BCUT2D eigenvalue weighted by atomic mass is 16.6.